The molecular formula is C9H10N2O3. The Kier molecular flexibility index (Phi) is 2.18. The Morgan fingerprint density at radius 2 is 2.43 bits per heavy atom. The summed E-state index contributed by atoms with van der Waals surface area (Å²) in [6.07, 6.45) is 1.49. The van der Waals surface area contributed by atoms with E-state index in [9.17, 15) is 4.79 Å². The average Bonchev–Trinajstić information content (AvgIpc) is 2.62. The van der Waals surface area contributed by atoms with Crippen LogP contribution in [0.2, 0.25) is 0 Å². The van der Waals surface area contributed by atoms with Crippen molar-refractivity contribution >= 4 is 5.97 Å². The van der Waals surface area contributed by atoms with Crippen LogP contribution in [0.5, 0.6) is 0 Å². The van der Waals surface area contributed by atoms with Crippen LogP contribution in [0.3, 0.4) is 0 Å². The monoisotopic (exact) mass is 194 g/mol. The van der Waals surface area contributed by atoms with Crippen molar-refractivity contribution in [1.29, 1.82) is 0 Å². The van der Waals surface area contributed by atoms with Crippen LogP contribution in [0.15, 0.2) is 12.3 Å². The summed E-state index contributed by atoms with van der Waals surface area (Å²) in [4.78, 5) is 14.7. The van der Waals surface area contributed by atoms with Gasteiger partial charge in [-0.3, -0.25) is 9.78 Å². The van der Waals surface area contributed by atoms with E-state index in [0.29, 0.717) is 18.8 Å². The van der Waals surface area contributed by atoms with Crippen LogP contribution >= 0.6 is 0 Å². The Morgan fingerprint density at radius 3 is 3.14 bits per heavy atom. The summed E-state index contributed by atoms with van der Waals surface area (Å²) >= 11 is 0. The van der Waals surface area contributed by atoms with E-state index in [0.717, 1.165) is 11.3 Å². The van der Waals surface area contributed by atoms with Gasteiger partial charge in [0.15, 0.2) is 0 Å². The van der Waals surface area contributed by atoms with Crippen LogP contribution in [-0.2, 0) is 22.7 Å². The topological polar surface area (TPSA) is 85.4 Å². The Labute approximate surface area is 80.5 Å². The molecule has 0 radical (unpaired) electrons. The molecule has 5 nitrogen and oxygen atoms in total. The molecular weight excluding hydrogens is 184 g/mol. The van der Waals surface area contributed by atoms with E-state index in [1.165, 1.54) is 6.20 Å². The number of carboxylic acid groups (broad SMARTS) is 1. The summed E-state index contributed by atoms with van der Waals surface area (Å²) in [5.74, 6) is -1.05. The van der Waals surface area contributed by atoms with Crippen LogP contribution in [0.4, 0.5) is 0 Å². The molecule has 74 valence electrons. The largest absolute Gasteiger partial charge is 0.480 e. The second kappa shape index (κ2) is 3.36. The highest BCUT2D eigenvalue weighted by atomic mass is 16.5. The third-order valence-corrected chi connectivity index (χ3v) is 2.20. The van der Waals surface area contributed by atoms with Gasteiger partial charge in [-0.15, -0.1) is 0 Å². The van der Waals surface area contributed by atoms with E-state index in [1.807, 2.05) is 0 Å². The number of pyridine rings is 1. The number of carbonyl (C=O) groups is 1. The lowest BCUT2D eigenvalue weighted by atomic mass is 10.1. The van der Waals surface area contributed by atoms with Gasteiger partial charge in [0.2, 0.25) is 0 Å². The minimum Gasteiger partial charge on any atom is -0.480 e. The van der Waals surface area contributed by atoms with Gasteiger partial charge in [0, 0.05) is 11.8 Å². The molecule has 0 saturated carbocycles. The lowest BCUT2D eigenvalue weighted by Gasteiger charge is -2.07. The molecule has 5 heteroatoms. The van der Waals surface area contributed by atoms with Gasteiger partial charge in [0.25, 0.3) is 0 Å². The van der Waals surface area contributed by atoms with Crippen molar-refractivity contribution < 1.29 is 14.6 Å². The van der Waals surface area contributed by atoms with Crippen molar-refractivity contribution in [3.63, 3.8) is 0 Å². The zero-order chi connectivity index (χ0) is 10.1. The maximum Gasteiger partial charge on any atom is 0.325 e. The Bertz CT molecular complexity index is 378. The van der Waals surface area contributed by atoms with Crippen LogP contribution < -0.4 is 5.73 Å². The van der Waals surface area contributed by atoms with Gasteiger partial charge in [-0.25, -0.2) is 0 Å². The zero-order valence-electron chi connectivity index (χ0n) is 7.43. The number of nitrogens with two attached hydrogens (primary N) is 1. The quantitative estimate of drug-likeness (QED) is 0.702. The molecule has 0 amide bonds. The van der Waals surface area contributed by atoms with Crippen molar-refractivity contribution in [3.05, 3.63) is 29.1 Å². The highest BCUT2D eigenvalue weighted by Crippen LogP contribution is 2.20. The Morgan fingerprint density at radius 1 is 1.64 bits per heavy atom. The van der Waals surface area contributed by atoms with Gasteiger partial charge in [-0.2, -0.15) is 0 Å². The van der Waals surface area contributed by atoms with Gasteiger partial charge in [-0.1, -0.05) is 0 Å². The highest BCUT2D eigenvalue weighted by Gasteiger charge is 2.18. The summed E-state index contributed by atoms with van der Waals surface area (Å²) in [6.45, 7) is 0.987. The summed E-state index contributed by atoms with van der Waals surface area (Å²) in [6, 6.07) is 0.738. The first-order valence-corrected chi connectivity index (χ1v) is 4.22. The van der Waals surface area contributed by atoms with E-state index in [4.69, 9.17) is 15.6 Å². The van der Waals surface area contributed by atoms with Gasteiger partial charge in [0.1, 0.15) is 6.04 Å². The fraction of sp³-hybridized carbons (Fsp3) is 0.333. The van der Waals surface area contributed by atoms with Crippen molar-refractivity contribution in [3.8, 4) is 0 Å². The standard InChI is InChI=1S/C9H10N2O3/c10-8(9(12)13)5-1-6-3-14-4-7(6)11-2-5/h1-2,8H,3-4,10H2,(H,12,13). The Hall–Kier alpha value is -1.46. The third kappa shape index (κ3) is 1.47. The number of hydrogen-bond acceptors (Lipinski definition) is 4. The normalized spacial score (nSPS) is 16.4. The fourth-order valence-electron chi connectivity index (χ4n) is 1.38. The number of carboxylic acids is 1. The first-order valence-electron chi connectivity index (χ1n) is 4.22. The summed E-state index contributed by atoms with van der Waals surface area (Å²) < 4.78 is 5.16. The molecule has 0 fully saturated rings. The first-order chi connectivity index (χ1) is 6.68. The molecule has 1 atom stereocenters. The minimum absolute atomic E-state index is 0.489. The van der Waals surface area contributed by atoms with E-state index in [2.05, 4.69) is 4.98 Å². The molecule has 2 rings (SSSR count). The molecule has 1 aromatic heterocycles. The highest BCUT2D eigenvalue weighted by molar-refractivity contribution is 5.75. The van der Waals surface area contributed by atoms with Crippen molar-refractivity contribution in [2.45, 2.75) is 19.3 Å². The summed E-state index contributed by atoms with van der Waals surface area (Å²) in [7, 11) is 0. The van der Waals surface area contributed by atoms with Crippen LogP contribution in [0, 0.1) is 0 Å². The van der Waals surface area contributed by atoms with Crippen LogP contribution in [0.1, 0.15) is 22.9 Å². The van der Waals surface area contributed by atoms with Crippen molar-refractivity contribution in [1.82, 2.24) is 4.98 Å². The first kappa shape index (κ1) is 9.11. The molecule has 1 aromatic rings. The maximum atomic E-state index is 10.6. The second-order valence-corrected chi connectivity index (χ2v) is 3.18. The number of aliphatic carboxylic acids is 1. The van der Waals surface area contributed by atoms with Crippen LogP contribution in [0.25, 0.3) is 0 Å². The predicted octanol–water partition coefficient (Wildman–Crippen LogP) is 0.196. The summed E-state index contributed by atoms with van der Waals surface area (Å²) in [5, 5.41) is 8.70. The minimum atomic E-state index is -1.05. The number of fused-ring (bicyclic) bond motifs is 1. The number of nitrogens with zero attached hydrogens (tertiary/aromatic N) is 1. The Balaban J connectivity index is 2.33. The smallest absolute Gasteiger partial charge is 0.325 e. The number of hydrogen-bond donors (Lipinski definition) is 2. The lowest BCUT2D eigenvalue weighted by molar-refractivity contribution is -0.138. The number of rotatable bonds is 2. The average molecular weight is 194 g/mol. The number of ether oxygens (including phenoxy) is 1. The molecule has 0 spiro atoms. The van der Waals surface area contributed by atoms with Gasteiger partial charge in [-0.05, 0) is 11.6 Å². The maximum absolute atomic E-state index is 10.6. The zero-order valence-corrected chi connectivity index (χ0v) is 7.43. The molecule has 0 bridgehead atoms. The lowest BCUT2D eigenvalue weighted by Crippen LogP contribution is -2.21. The van der Waals surface area contributed by atoms with E-state index in [-0.39, 0.29) is 0 Å². The van der Waals surface area contributed by atoms with E-state index >= 15 is 0 Å². The molecule has 0 saturated heterocycles. The second-order valence-electron chi connectivity index (χ2n) is 3.18. The summed E-state index contributed by atoms with van der Waals surface area (Å²) in [5.41, 5.74) is 7.76. The van der Waals surface area contributed by atoms with Crippen molar-refractivity contribution in [2.24, 2.45) is 5.73 Å². The molecule has 1 unspecified atom stereocenters. The van der Waals surface area contributed by atoms with Crippen molar-refractivity contribution in [2.75, 3.05) is 0 Å². The van der Waals surface area contributed by atoms with Crippen LogP contribution in [-0.4, -0.2) is 16.1 Å². The molecule has 2 heterocycles. The van der Waals surface area contributed by atoms with E-state index < -0.39 is 12.0 Å². The van der Waals surface area contributed by atoms with Gasteiger partial charge >= 0.3 is 5.97 Å². The van der Waals surface area contributed by atoms with E-state index in [1.54, 1.807) is 6.07 Å². The number of aromatic nitrogens is 1. The SMILES string of the molecule is NC(C(=O)O)c1cnc2c(c1)COC2. The van der Waals surface area contributed by atoms with Gasteiger partial charge in [0.05, 0.1) is 18.9 Å². The molecule has 1 aliphatic rings. The third-order valence-electron chi connectivity index (χ3n) is 2.20. The molecule has 0 aromatic carbocycles. The molecule has 3 N–H and O–H groups in total. The molecule has 0 aliphatic carbocycles. The van der Waals surface area contributed by atoms with Gasteiger partial charge < -0.3 is 15.6 Å². The predicted molar refractivity (Wildman–Crippen MR) is 47.3 cm³/mol. The molecule has 1 aliphatic heterocycles. The molecule has 14 heavy (non-hydrogen) atoms. The fourth-order valence-corrected chi connectivity index (χ4v) is 1.38.